The Kier molecular flexibility index (Phi) is 5.46. The van der Waals surface area contributed by atoms with Gasteiger partial charge in [-0.05, 0) is 30.7 Å². The lowest BCUT2D eigenvalue weighted by molar-refractivity contribution is -0.384. The van der Waals surface area contributed by atoms with Crippen LogP contribution >= 0.6 is 34.8 Å². The van der Waals surface area contributed by atoms with Crippen LogP contribution in [0.2, 0.25) is 15.1 Å². The summed E-state index contributed by atoms with van der Waals surface area (Å²) in [6, 6.07) is 8.18. The molecule has 2 rings (SSSR count). The minimum Gasteiger partial charge on any atom is -0.345 e. The van der Waals surface area contributed by atoms with Gasteiger partial charge in [0.2, 0.25) is 0 Å². The van der Waals surface area contributed by atoms with E-state index in [0.717, 1.165) is 6.07 Å². The first-order valence-electron chi connectivity index (χ1n) is 6.49. The van der Waals surface area contributed by atoms with Crippen LogP contribution in [-0.2, 0) is 0 Å². The van der Waals surface area contributed by atoms with Crippen molar-refractivity contribution in [2.45, 2.75) is 13.0 Å². The Morgan fingerprint density at radius 3 is 2.43 bits per heavy atom. The van der Waals surface area contributed by atoms with E-state index >= 15 is 0 Å². The predicted octanol–water partition coefficient (Wildman–Crippen LogP) is 5.05. The molecule has 23 heavy (non-hydrogen) atoms. The second-order valence-corrected chi connectivity index (χ2v) is 6.03. The van der Waals surface area contributed by atoms with Crippen LogP contribution in [0.3, 0.4) is 0 Å². The van der Waals surface area contributed by atoms with Gasteiger partial charge in [-0.25, -0.2) is 0 Å². The standard InChI is InChI=1S/C15H11Cl3N2O3/c1-8(11-4-2-9(16)6-14(11)18)19-15(21)12-7-10(20(22)23)3-5-13(12)17/h2-8H,1H3,(H,19,21). The Hall–Kier alpha value is -1.82. The minimum absolute atomic E-state index is 0.0257. The number of nitrogens with one attached hydrogen (secondary N) is 1. The molecule has 0 aliphatic rings. The molecule has 1 atom stereocenters. The van der Waals surface area contributed by atoms with Crippen molar-refractivity contribution in [3.05, 3.63) is 72.7 Å². The Morgan fingerprint density at radius 2 is 1.83 bits per heavy atom. The van der Waals surface area contributed by atoms with Gasteiger partial charge in [0, 0.05) is 22.2 Å². The van der Waals surface area contributed by atoms with E-state index in [2.05, 4.69) is 5.32 Å². The van der Waals surface area contributed by atoms with E-state index < -0.39 is 16.9 Å². The maximum absolute atomic E-state index is 12.3. The zero-order chi connectivity index (χ0) is 17.1. The van der Waals surface area contributed by atoms with E-state index in [1.54, 1.807) is 25.1 Å². The Morgan fingerprint density at radius 1 is 1.13 bits per heavy atom. The van der Waals surface area contributed by atoms with Gasteiger partial charge in [0.25, 0.3) is 11.6 Å². The van der Waals surface area contributed by atoms with Crippen LogP contribution < -0.4 is 5.32 Å². The Bertz CT molecular complexity index is 781. The van der Waals surface area contributed by atoms with E-state index in [9.17, 15) is 14.9 Å². The third-order valence-corrected chi connectivity index (χ3v) is 4.07. The SMILES string of the molecule is CC(NC(=O)c1cc([N+](=O)[O-])ccc1Cl)c1ccc(Cl)cc1Cl. The molecule has 0 heterocycles. The number of nitrogens with zero attached hydrogens (tertiary/aromatic N) is 1. The lowest BCUT2D eigenvalue weighted by Crippen LogP contribution is -2.27. The molecule has 0 radical (unpaired) electrons. The average Bonchev–Trinajstić information content (AvgIpc) is 2.46. The second-order valence-electron chi connectivity index (χ2n) is 4.78. The van der Waals surface area contributed by atoms with E-state index in [1.165, 1.54) is 12.1 Å². The Labute approximate surface area is 147 Å². The highest BCUT2D eigenvalue weighted by Gasteiger charge is 2.19. The number of carbonyl (C=O) groups excluding carboxylic acids is 1. The summed E-state index contributed by atoms with van der Waals surface area (Å²) in [7, 11) is 0. The first-order valence-corrected chi connectivity index (χ1v) is 7.62. The molecule has 0 bridgehead atoms. The van der Waals surface area contributed by atoms with E-state index in [4.69, 9.17) is 34.8 Å². The first-order chi connectivity index (χ1) is 10.8. The molecule has 0 fully saturated rings. The van der Waals surface area contributed by atoms with E-state index in [-0.39, 0.29) is 16.3 Å². The van der Waals surface area contributed by atoms with Gasteiger partial charge < -0.3 is 5.32 Å². The lowest BCUT2D eigenvalue weighted by atomic mass is 10.1. The quantitative estimate of drug-likeness (QED) is 0.602. The number of hydrogen-bond acceptors (Lipinski definition) is 3. The minimum atomic E-state index is -0.591. The van der Waals surface area contributed by atoms with Crippen molar-refractivity contribution in [2.75, 3.05) is 0 Å². The molecule has 1 unspecified atom stereocenters. The van der Waals surface area contributed by atoms with Gasteiger partial charge in [-0.3, -0.25) is 14.9 Å². The van der Waals surface area contributed by atoms with Crippen molar-refractivity contribution in [3.8, 4) is 0 Å². The molecule has 0 saturated heterocycles. The lowest BCUT2D eigenvalue weighted by Gasteiger charge is -2.16. The fraction of sp³-hybridized carbons (Fsp3) is 0.133. The molecule has 0 aliphatic heterocycles. The highest BCUT2D eigenvalue weighted by Crippen LogP contribution is 2.27. The largest absolute Gasteiger partial charge is 0.345 e. The molecule has 120 valence electrons. The van der Waals surface area contributed by atoms with Crippen LogP contribution in [0.5, 0.6) is 0 Å². The molecule has 2 aromatic rings. The summed E-state index contributed by atoms with van der Waals surface area (Å²) >= 11 is 17.9. The molecule has 1 N–H and O–H groups in total. The summed E-state index contributed by atoms with van der Waals surface area (Å²) in [5.74, 6) is -0.530. The summed E-state index contributed by atoms with van der Waals surface area (Å²) in [6.45, 7) is 1.73. The maximum Gasteiger partial charge on any atom is 0.270 e. The normalized spacial score (nSPS) is 11.8. The number of halogens is 3. The zero-order valence-electron chi connectivity index (χ0n) is 11.8. The molecule has 0 aromatic heterocycles. The second kappa shape index (κ2) is 7.17. The first kappa shape index (κ1) is 17.5. The van der Waals surface area contributed by atoms with Crippen molar-refractivity contribution in [1.29, 1.82) is 0 Å². The molecule has 0 spiro atoms. The van der Waals surface area contributed by atoms with Gasteiger partial charge in [0.1, 0.15) is 0 Å². The fourth-order valence-corrected chi connectivity index (χ4v) is 2.78. The number of nitro groups is 1. The number of nitro benzene ring substituents is 1. The zero-order valence-corrected chi connectivity index (χ0v) is 14.1. The monoisotopic (exact) mass is 372 g/mol. The van der Waals surface area contributed by atoms with Gasteiger partial charge in [-0.2, -0.15) is 0 Å². The van der Waals surface area contributed by atoms with Crippen molar-refractivity contribution < 1.29 is 9.72 Å². The molecular weight excluding hydrogens is 363 g/mol. The van der Waals surface area contributed by atoms with Gasteiger partial charge in [-0.1, -0.05) is 40.9 Å². The highest BCUT2D eigenvalue weighted by molar-refractivity contribution is 6.35. The topological polar surface area (TPSA) is 72.2 Å². The number of amides is 1. The molecule has 0 aliphatic carbocycles. The number of rotatable bonds is 4. The fourth-order valence-electron chi connectivity index (χ4n) is 2.01. The molecular formula is C15H11Cl3N2O3. The van der Waals surface area contributed by atoms with Crippen LogP contribution in [0.15, 0.2) is 36.4 Å². The predicted molar refractivity (Wildman–Crippen MR) is 90.4 cm³/mol. The van der Waals surface area contributed by atoms with Crippen LogP contribution in [0.4, 0.5) is 5.69 Å². The average molecular weight is 374 g/mol. The van der Waals surface area contributed by atoms with Crippen LogP contribution in [-0.4, -0.2) is 10.8 Å². The summed E-state index contributed by atoms with van der Waals surface area (Å²) in [6.07, 6.45) is 0. The summed E-state index contributed by atoms with van der Waals surface area (Å²) in [5.41, 5.74) is 0.487. The van der Waals surface area contributed by atoms with Crippen LogP contribution in [0.25, 0.3) is 0 Å². The van der Waals surface area contributed by atoms with E-state index in [0.29, 0.717) is 15.6 Å². The van der Waals surface area contributed by atoms with Gasteiger partial charge in [-0.15, -0.1) is 0 Å². The third-order valence-electron chi connectivity index (χ3n) is 3.18. The number of non-ortho nitro benzene ring substituents is 1. The summed E-state index contributed by atoms with van der Waals surface area (Å²) in [4.78, 5) is 22.5. The smallest absolute Gasteiger partial charge is 0.270 e. The number of carbonyl (C=O) groups is 1. The van der Waals surface area contributed by atoms with Gasteiger partial charge in [0.05, 0.1) is 21.6 Å². The number of hydrogen-bond donors (Lipinski definition) is 1. The summed E-state index contributed by atoms with van der Waals surface area (Å²) < 4.78 is 0. The molecule has 2 aromatic carbocycles. The van der Waals surface area contributed by atoms with Crippen LogP contribution in [0.1, 0.15) is 28.9 Å². The van der Waals surface area contributed by atoms with Crippen molar-refractivity contribution in [3.63, 3.8) is 0 Å². The van der Waals surface area contributed by atoms with E-state index in [1.807, 2.05) is 0 Å². The third kappa shape index (κ3) is 4.13. The maximum atomic E-state index is 12.3. The van der Waals surface area contributed by atoms with Crippen LogP contribution in [0, 0.1) is 10.1 Å². The van der Waals surface area contributed by atoms with Gasteiger partial charge >= 0.3 is 0 Å². The highest BCUT2D eigenvalue weighted by atomic mass is 35.5. The summed E-state index contributed by atoms with van der Waals surface area (Å²) in [5, 5.41) is 14.5. The Balaban J connectivity index is 2.24. The van der Waals surface area contributed by atoms with Crippen molar-refractivity contribution in [2.24, 2.45) is 0 Å². The van der Waals surface area contributed by atoms with Crippen molar-refractivity contribution >= 4 is 46.4 Å². The number of benzene rings is 2. The molecule has 8 heteroatoms. The molecule has 5 nitrogen and oxygen atoms in total. The van der Waals surface area contributed by atoms with Crippen molar-refractivity contribution in [1.82, 2.24) is 5.32 Å². The molecule has 1 amide bonds. The van der Waals surface area contributed by atoms with Gasteiger partial charge in [0.15, 0.2) is 0 Å². The molecule has 0 saturated carbocycles.